The van der Waals surface area contributed by atoms with E-state index in [4.69, 9.17) is 15.0 Å². The van der Waals surface area contributed by atoms with Gasteiger partial charge in [0.15, 0.2) is 0 Å². The molecule has 0 aromatic heterocycles. The van der Waals surface area contributed by atoms with E-state index < -0.39 is 26.5 Å². The number of carbonyl (C=O) groups excluding carboxylic acids is 1. The van der Waals surface area contributed by atoms with Gasteiger partial charge in [-0.25, -0.2) is 4.57 Å². The van der Waals surface area contributed by atoms with Gasteiger partial charge < -0.3 is 20.5 Å². The molecule has 0 aliphatic rings. The van der Waals surface area contributed by atoms with Crippen molar-refractivity contribution >= 4 is 13.8 Å². The third-order valence-electron chi connectivity index (χ3n) is 4.77. The maximum absolute atomic E-state index is 11.8. The number of ether oxygens (including phenoxy) is 1. The van der Waals surface area contributed by atoms with Crippen LogP contribution in [0.5, 0.6) is 0 Å². The van der Waals surface area contributed by atoms with Crippen LogP contribution >= 0.6 is 7.82 Å². The molecule has 0 heterocycles. The van der Waals surface area contributed by atoms with Gasteiger partial charge in [0.1, 0.15) is 12.7 Å². The molecule has 0 saturated heterocycles. The summed E-state index contributed by atoms with van der Waals surface area (Å²) in [4.78, 5) is 21.2. The molecule has 0 aliphatic carbocycles. The van der Waals surface area contributed by atoms with Gasteiger partial charge in [0.2, 0.25) is 0 Å². The molecule has 0 saturated carbocycles. The highest BCUT2D eigenvalue weighted by molar-refractivity contribution is 7.47. The summed E-state index contributed by atoms with van der Waals surface area (Å²) in [6.07, 6.45) is 15.2. The standard InChI is InChI=1S/C21H44NO7P/c1-2-3-4-5-6-7-8-9-10-11-12-13-14-15-21(24)27-19-20(18-23)29-30(25,26)28-17-16-22/h20,23H,2-19,22H2,1H3,(H,25,26)/t20-/m0/s1. The highest BCUT2D eigenvalue weighted by Gasteiger charge is 2.27. The minimum absolute atomic E-state index is 0.0613. The summed E-state index contributed by atoms with van der Waals surface area (Å²) >= 11 is 0. The molecule has 0 aromatic rings. The van der Waals surface area contributed by atoms with E-state index in [0.29, 0.717) is 0 Å². The molecule has 30 heavy (non-hydrogen) atoms. The predicted octanol–water partition coefficient (Wildman–Crippen LogP) is 4.46. The van der Waals surface area contributed by atoms with Crippen LogP contribution in [0.1, 0.15) is 96.8 Å². The van der Waals surface area contributed by atoms with Gasteiger partial charge in [0.05, 0.1) is 13.2 Å². The van der Waals surface area contributed by atoms with Crippen molar-refractivity contribution in [2.45, 2.75) is 103 Å². The smallest absolute Gasteiger partial charge is 0.463 e. The Morgan fingerprint density at radius 1 is 0.933 bits per heavy atom. The van der Waals surface area contributed by atoms with Crippen molar-refractivity contribution in [3.05, 3.63) is 0 Å². The van der Waals surface area contributed by atoms with Crippen LogP contribution in [0.2, 0.25) is 0 Å². The van der Waals surface area contributed by atoms with Gasteiger partial charge in [-0.2, -0.15) is 0 Å². The Kier molecular flexibility index (Phi) is 20.1. The highest BCUT2D eigenvalue weighted by Crippen LogP contribution is 2.44. The lowest BCUT2D eigenvalue weighted by molar-refractivity contribution is -0.147. The lowest BCUT2D eigenvalue weighted by Crippen LogP contribution is -2.25. The average molecular weight is 454 g/mol. The molecular formula is C21H44NO7P. The van der Waals surface area contributed by atoms with Crippen LogP contribution in [0.3, 0.4) is 0 Å². The normalized spacial score (nSPS) is 14.4. The summed E-state index contributed by atoms with van der Waals surface area (Å²) in [5, 5.41) is 9.20. The van der Waals surface area contributed by atoms with Gasteiger partial charge in [-0.3, -0.25) is 13.8 Å². The second kappa shape index (κ2) is 20.4. The average Bonchev–Trinajstić information content (AvgIpc) is 2.72. The Morgan fingerprint density at radius 3 is 1.90 bits per heavy atom. The molecule has 1 unspecified atom stereocenters. The number of unbranched alkanes of at least 4 members (excludes halogenated alkanes) is 12. The second-order valence-electron chi connectivity index (χ2n) is 7.68. The third kappa shape index (κ3) is 19.5. The number of phosphoric ester groups is 1. The van der Waals surface area contributed by atoms with Crippen LogP contribution in [0.15, 0.2) is 0 Å². The number of aliphatic hydroxyl groups excluding tert-OH is 1. The Morgan fingerprint density at radius 2 is 1.43 bits per heavy atom. The number of carbonyl (C=O) groups is 1. The van der Waals surface area contributed by atoms with Crippen molar-refractivity contribution < 1.29 is 33.1 Å². The van der Waals surface area contributed by atoms with Crippen molar-refractivity contribution in [2.75, 3.05) is 26.4 Å². The first kappa shape index (κ1) is 29.5. The van der Waals surface area contributed by atoms with Crippen molar-refractivity contribution in [3.63, 3.8) is 0 Å². The Labute approximate surface area is 182 Å². The third-order valence-corrected chi connectivity index (χ3v) is 5.85. The van der Waals surface area contributed by atoms with Gasteiger partial charge in [0.25, 0.3) is 0 Å². The largest absolute Gasteiger partial charge is 0.472 e. The molecule has 0 rings (SSSR count). The maximum Gasteiger partial charge on any atom is 0.472 e. The van der Waals surface area contributed by atoms with E-state index in [1.54, 1.807) is 0 Å². The summed E-state index contributed by atoms with van der Waals surface area (Å²) in [7, 11) is -4.32. The lowest BCUT2D eigenvalue weighted by atomic mass is 10.0. The van der Waals surface area contributed by atoms with Crippen molar-refractivity contribution in [1.29, 1.82) is 0 Å². The number of esters is 1. The van der Waals surface area contributed by atoms with Crippen LogP contribution in [0, 0.1) is 0 Å². The number of rotatable bonds is 22. The Hall–Kier alpha value is -0.500. The number of nitrogens with two attached hydrogens (primary N) is 1. The molecule has 0 fully saturated rings. The molecule has 2 atom stereocenters. The first-order valence-corrected chi connectivity index (χ1v) is 13.1. The zero-order valence-electron chi connectivity index (χ0n) is 18.8. The molecule has 4 N–H and O–H groups in total. The number of phosphoric acid groups is 1. The van der Waals surface area contributed by atoms with Crippen molar-refractivity contribution in [2.24, 2.45) is 5.73 Å². The molecule has 0 aromatic carbocycles. The van der Waals surface area contributed by atoms with E-state index in [-0.39, 0.29) is 26.2 Å². The highest BCUT2D eigenvalue weighted by atomic mass is 31.2. The topological polar surface area (TPSA) is 128 Å². The minimum Gasteiger partial charge on any atom is -0.463 e. The molecule has 8 nitrogen and oxygen atoms in total. The van der Waals surface area contributed by atoms with Gasteiger partial charge in [-0.15, -0.1) is 0 Å². The monoisotopic (exact) mass is 453 g/mol. The lowest BCUT2D eigenvalue weighted by Gasteiger charge is -2.18. The molecule has 0 spiro atoms. The zero-order valence-corrected chi connectivity index (χ0v) is 19.7. The summed E-state index contributed by atoms with van der Waals surface area (Å²) in [5.74, 6) is -0.407. The SMILES string of the molecule is CCCCCCCCCCCCCCCC(=O)OC[C@H](CO)OP(=O)(O)OCCN. The number of aliphatic hydroxyl groups is 1. The quantitative estimate of drug-likeness (QED) is 0.124. The molecule has 0 radical (unpaired) electrons. The molecule has 0 bridgehead atoms. The van der Waals surface area contributed by atoms with Crippen LogP contribution in [-0.2, 0) is 23.1 Å². The van der Waals surface area contributed by atoms with Gasteiger partial charge >= 0.3 is 13.8 Å². The van der Waals surface area contributed by atoms with Crippen LogP contribution in [-0.4, -0.2) is 48.4 Å². The first-order valence-electron chi connectivity index (χ1n) is 11.6. The van der Waals surface area contributed by atoms with E-state index in [2.05, 4.69) is 11.4 Å². The van der Waals surface area contributed by atoms with E-state index in [1.807, 2.05) is 0 Å². The van der Waals surface area contributed by atoms with Crippen LogP contribution in [0.4, 0.5) is 0 Å². The van der Waals surface area contributed by atoms with Crippen LogP contribution in [0.25, 0.3) is 0 Å². The summed E-state index contributed by atoms with van der Waals surface area (Å²) < 4.78 is 26.0. The van der Waals surface area contributed by atoms with E-state index in [9.17, 15) is 19.4 Å². The fourth-order valence-corrected chi connectivity index (χ4v) is 3.95. The second-order valence-corrected chi connectivity index (χ2v) is 9.08. The van der Waals surface area contributed by atoms with Gasteiger partial charge in [-0.1, -0.05) is 84.0 Å². The van der Waals surface area contributed by atoms with Gasteiger partial charge in [0, 0.05) is 13.0 Å². The molecular weight excluding hydrogens is 409 g/mol. The maximum atomic E-state index is 11.8. The Bertz CT molecular complexity index is 451. The fraction of sp³-hybridized carbons (Fsp3) is 0.952. The fourth-order valence-electron chi connectivity index (χ4n) is 3.05. The molecule has 0 amide bonds. The number of hydrogen-bond donors (Lipinski definition) is 3. The molecule has 0 aliphatic heterocycles. The van der Waals surface area contributed by atoms with E-state index in [1.165, 1.54) is 64.2 Å². The van der Waals surface area contributed by atoms with Crippen LogP contribution < -0.4 is 5.73 Å². The zero-order chi connectivity index (χ0) is 22.5. The first-order chi connectivity index (χ1) is 14.4. The Balaban J connectivity index is 3.59. The van der Waals surface area contributed by atoms with Gasteiger partial charge in [-0.05, 0) is 6.42 Å². The van der Waals surface area contributed by atoms with E-state index in [0.717, 1.165) is 19.3 Å². The summed E-state index contributed by atoms with van der Waals surface area (Å²) in [6, 6.07) is 0. The predicted molar refractivity (Wildman–Crippen MR) is 118 cm³/mol. The summed E-state index contributed by atoms with van der Waals surface area (Å²) in [5.41, 5.74) is 5.19. The minimum atomic E-state index is -4.32. The van der Waals surface area contributed by atoms with Crippen molar-refractivity contribution in [3.8, 4) is 0 Å². The number of hydrogen-bond acceptors (Lipinski definition) is 7. The van der Waals surface area contributed by atoms with Crippen molar-refractivity contribution in [1.82, 2.24) is 0 Å². The van der Waals surface area contributed by atoms with E-state index >= 15 is 0 Å². The summed E-state index contributed by atoms with van der Waals surface area (Å²) in [6.45, 7) is 1.29. The molecule has 9 heteroatoms. The molecule has 180 valence electrons.